The monoisotopic (exact) mass is 745 g/mol. The standard InChI is InChI=1S/C35H43N3O11S2/c1-21(2)15-38(51(41,42)27-9-10-30-31(14-27)47-20-46-30)16-32(48-23(4)39)29(37-35(40)49-33-18-45-34-28(33)11-12-43-34)13-24-5-7-26(8-6-24)44-17-25-19-50-22(3)36-25/h5-10,14,19,21,28-29,32-34H,11-13,15-18,20H2,1-4H3,(H,37,40)/t28-,29-,32+,33-,34+/m0/s1. The number of aromatic nitrogens is 1. The minimum absolute atomic E-state index is 0.00383. The summed E-state index contributed by atoms with van der Waals surface area (Å²) in [6, 6.07) is 10.8. The Labute approximate surface area is 301 Å². The van der Waals surface area contributed by atoms with Crippen LogP contribution in [0.4, 0.5) is 4.79 Å². The molecule has 1 aromatic heterocycles. The van der Waals surface area contributed by atoms with Crippen molar-refractivity contribution in [1.82, 2.24) is 14.6 Å². The summed E-state index contributed by atoms with van der Waals surface area (Å²) in [7, 11) is -4.13. The molecule has 2 fully saturated rings. The number of fused-ring (bicyclic) bond motifs is 2. The predicted molar refractivity (Wildman–Crippen MR) is 184 cm³/mol. The zero-order chi connectivity index (χ0) is 36.1. The Bertz CT molecular complexity index is 1780. The summed E-state index contributed by atoms with van der Waals surface area (Å²) in [5.74, 6) is 0.570. The van der Waals surface area contributed by atoms with Crippen molar-refractivity contribution in [3.8, 4) is 17.2 Å². The minimum Gasteiger partial charge on any atom is -0.487 e. The van der Waals surface area contributed by atoms with Gasteiger partial charge in [0.25, 0.3) is 0 Å². The molecule has 276 valence electrons. The first kappa shape index (κ1) is 36.8. The minimum atomic E-state index is -4.13. The summed E-state index contributed by atoms with van der Waals surface area (Å²) in [5.41, 5.74) is 1.61. The second kappa shape index (κ2) is 16.2. The van der Waals surface area contributed by atoms with Crippen LogP contribution >= 0.6 is 11.3 Å². The molecule has 0 unspecified atom stereocenters. The summed E-state index contributed by atoms with van der Waals surface area (Å²) in [6.45, 7) is 7.83. The number of amides is 1. The maximum Gasteiger partial charge on any atom is 0.407 e. The van der Waals surface area contributed by atoms with Crippen LogP contribution in [0.5, 0.6) is 17.2 Å². The molecule has 51 heavy (non-hydrogen) atoms. The Kier molecular flexibility index (Phi) is 11.7. The lowest BCUT2D eigenvalue weighted by molar-refractivity contribution is -0.148. The van der Waals surface area contributed by atoms with Crippen molar-refractivity contribution in [3.05, 3.63) is 64.1 Å². The number of hydrogen-bond donors (Lipinski definition) is 1. The Balaban J connectivity index is 1.25. The van der Waals surface area contributed by atoms with Gasteiger partial charge in [-0.3, -0.25) is 4.79 Å². The number of carbonyl (C=O) groups excluding carboxylic acids is 2. The van der Waals surface area contributed by atoms with E-state index >= 15 is 0 Å². The van der Waals surface area contributed by atoms with Gasteiger partial charge in [0.05, 0.1) is 47.3 Å². The third kappa shape index (κ3) is 9.29. The average Bonchev–Trinajstić information content (AvgIpc) is 3.90. The molecule has 0 aliphatic carbocycles. The van der Waals surface area contributed by atoms with Crippen LogP contribution in [0.2, 0.25) is 0 Å². The number of carbonyl (C=O) groups is 2. The van der Waals surface area contributed by atoms with Gasteiger partial charge in [0, 0.05) is 24.9 Å². The molecule has 5 atom stereocenters. The molecule has 3 aliphatic rings. The number of benzene rings is 2. The quantitative estimate of drug-likeness (QED) is 0.218. The van der Waals surface area contributed by atoms with Crippen molar-refractivity contribution in [3.63, 3.8) is 0 Å². The van der Waals surface area contributed by atoms with Crippen LogP contribution in [-0.4, -0.2) is 87.4 Å². The molecule has 6 rings (SSSR count). The maximum atomic E-state index is 14.2. The number of nitrogens with one attached hydrogen (secondary N) is 1. The van der Waals surface area contributed by atoms with Crippen LogP contribution in [0.1, 0.15) is 43.5 Å². The normalized spacial score (nSPS) is 20.6. The van der Waals surface area contributed by atoms with Crippen LogP contribution in [0.15, 0.2) is 52.7 Å². The van der Waals surface area contributed by atoms with Crippen LogP contribution in [0, 0.1) is 18.8 Å². The van der Waals surface area contributed by atoms with E-state index in [1.54, 1.807) is 29.5 Å². The van der Waals surface area contributed by atoms with Gasteiger partial charge in [-0.1, -0.05) is 26.0 Å². The zero-order valence-corrected chi connectivity index (χ0v) is 30.6. The van der Waals surface area contributed by atoms with Crippen molar-refractivity contribution in [1.29, 1.82) is 0 Å². The van der Waals surface area contributed by atoms with Crippen molar-refractivity contribution in [2.24, 2.45) is 11.8 Å². The first-order valence-electron chi connectivity index (χ1n) is 16.8. The highest BCUT2D eigenvalue weighted by Gasteiger charge is 2.44. The highest BCUT2D eigenvalue weighted by Crippen LogP contribution is 2.35. The third-order valence-electron chi connectivity index (χ3n) is 8.68. The molecule has 0 radical (unpaired) electrons. The molecule has 1 amide bonds. The topological polar surface area (TPSA) is 161 Å². The molecule has 1 N–H and O–H groups in total. The van der Waals surface area contributed by atoms with E-state index in [2.05, 4.69) is 10.3 Å². The Morgan fingerprint density at radius 3 is 2.59 bits per heavy atom. The van der Waals surface area contributed by atoms with Crippen LogP contribution in [0.25, 0.3) is 0 Å². The molecular formula is C35H43N3O11S2. The van der Waals surface area contributed by atoms with Gasteiger partial charge in [-0.05, 0) is 55.5 Å². The number of sulfonamides is 1. The van der Waals surface area contributed by atoms with Crippen molar-refractivity contribution < 1.29 is 51.2 Å². The van der Waals surface area contributed by atoms with Crippen LogP contribution in [0.3, 0.4) is 0 Å². The SMILES string of the molecule is CC(=O)O[C@H](CN(CC(C)C)S(=O)(=O)c1ccc2c(c1)OCO2)[C@H](Cc1ccc(OCc2csc(C)n2)cc1)NC(=O)O[C@H]1CO[C@H]2OCC[C@H]21. The fraction of sp³-hybridized carbons (Fsp3) is 0.514. The molecule has 16 heteroatoms. The van der Waals surface area contributed by atoms with Crippen molar-refractivity contribution in [2.75, 3.05) is 33.1 Å². The van der Waals surface area contributed by atoms with E-state index < -0.39 is 46.6 Å². The smallest absolute Gasteiger partial charge is 0.407 e. The number of nitrogens with zero attached hydrogens (tertiary/aromatic N) is 2. The van der Waals surface area contributed by atoms with Gasteiger partial charge in [0.1, 0.15) is 24.6 Å². The maximum absolute atomic E-state index is 14.2. The van der Waals surface area contributed by atoms with Gasteiger partial charge < -0.3 is 38.5 Å². The van der Waals surface area contributed by atoms with E-state index in [0.29, 0.717) is 36.9 Å². The first-order chi connectivity index (χ1) is 24.4. The summed E-state index contributed by atoms with van der Waals surface area (Å²) in [4.78, 5) is 30.5. The number of thiazole rings is 1. The molecule has 14 nitrogen and oxygen atoms in total. The van der Waals surface area contributed by atoms with Gasteiger partial charge in [0.15, 0.2) is 17.8 Å². The molecular weight excluding hydrogens is 703 g/mol. The molecule has 2 aromatic carbocycles. The van der Waals surface area contributed by atoms with Crippen LogP contribution in [-0.2, 0) is 46.8 Å². The highest BCUT2D eigenvalue weighted by molar-refractivity contribution is 7.89. The van der Waals surface area contributed by atoms with Gasteiger partial charge in [-0.2, -0.15) is 4.31 Å². The molecule has 0 spiro atoms. The number of esters is 1. The van der Waals surface area contributed by atoms with Gasteiger partial charge >= 0.3 is 12.1 Å². The van der Waals surface area contributed by atoms with Gasteiger partial charge in [-0.25, -0.2) is 18.2 Å². The van der Waals surface area contributed by atoms with E-state index in [-0.39, 0.29) is 49.6 Å². The summed E-state index contributed by atoms with van der Waals surface area (Å²) in [5, 5.41) is 5.79. The van der Waals surface area contributed by atoms with E-state index in [4.69, 9.17) is 33.2 Å². The zero-order valence-electron chi connectivity index (χ0n) is 28.9. The number of hydrogen-bond acceptors (Lipinski definition) is 13. The lowest BCUT2D eigenvalue weighted by Gasteiger charge is -2.33. The van der Waals surface area contributed by atoms with Gasteiger partial charge in [0.2, 0.25) is 16.8 Å². The molecule has 3 aliphatic heterocycles. The molecule has 4 heterocycles. The molecule has 3 aromatic rings. The largest absolute Gasteiger partial charge is 0.487 e. The van der Waals surface area contributed by atoms with Crippen molar-refractivity contribution in [2.45, 2.75) is 76.6 Å². The number of rotatable bonds is 15. The Hall–Kier alpha value is -3.96. The van der Waals surface area contributed by atoms with E-state index in [1.807, 2.05) is 38.3 Å². The van der Waals surface area contributed by atoms with E-state index in [1.165, 1.54) is 23.4 Å². The van der Waals surface area contributed by atoms with E-state index in [9.17, 15) is 18.0 Å². The molecule has 2 saturated heterocycles. The third-order valence-corrected chi connectivity index (χ3v) is 11.3. The Morgan fingerprint density at radius 1 is 1.08 bits per heavy atom. The van der Waals surface area contributed by atoms with Crippen LogP contribution < -0.4 is 19.5 Å². The molecule has 0 saturated carbocycles. The average molecular weight is 746 g/mol. The molecule has 0 bridgehead atoms. The highest BCUT2D eigenvalue weighted by atomic mass is 32.2. The lowest BCUT2D eigenvalue weighted by Crippen LogP contribution is -2.53. The number of ether oxygens (including phenoxy) is 7. The second-order valence-electron chi connectivity index (χ2n) is 13.1. The first-order valence-corrected chi connectivity index (χ1v) is 19.2. The lowest BCUT2D eigenvalue weighted by atomic mass is 10.0. The fourth-order valence-corrected chi connectivity index (χ4v) is 8.51. The fourth-order valence-electron chi connectivity index (χ4n) is 6.28. The van der Waals surface area contributed by atoms with Crippen molar-refractivity contribution >= 4 is 33.4 Å². The van der Waals surface area contributed by atoms with Gasteiger partial charge in [-0.15, -0.1) is 11.3 Å². The second-order valence-corrected chi connectivity index (χ2v) is 16.1. The predicted octanol–water partition coefficient (Wildman–Crippen LogP) is 4.44. The summed E-state index contributed by atoms with van der Waals surface area (Å²) >= 11 is 1.55. The summed E-state index contributed by atoms with van der Waals surface area (Å²) < 4.78 is 69.2. The Morgan fingerprint density at radius 2 is 1.86 bits per heavy atom. The van der Waals surface area contributed by atoms with E-state index in [0.717, 1.165) is 16.3 Å². The number of alkyl carbamates (subject to hydrolysis) is 1. The summed E-state index contributed by atoms with van der Waals surface area (Å²) in [6.07, 6.45) is -1.92. The number of aryl methyl sites for hydroxylation is 1.